The van der Waals surface area contributed by atoms with E-state index in [-0.39, 0.29) is 5.91 Å². The largest absolute Gasteiger partial charge is 0.316 e. The van der Waals surface area contributed by atoms with Gasteiger partial charge in [0, 0.05) is 24.5 Å². The zero-order valence-electron chi connectivity index (χ0n) is 10.3. The SMILES string of the molecule is Cc1cccc(NC(=O)C(N)c2cnn(C)c2)n1. The maximum atomic E-state index is 11.9. The number of nitrogens with one attached hydrogen (secondary N) is 1. The van der Waals surface area contributed by atoms with Crippen molar-refractivity contribution in [2.75, 3.05) is 5.32 Å². The van der Waals surface area contributed by atoms with E-state index >= 15 is 0 Å². The molecule has 6 heteroatoms. The molecule has 2 aromatic rings. The van der Waals surface area contributed by atoms with Crippen molar-refractivity contribution in [3.05, 3.63) is 41.9 Å². The summed E-state index contributed by atoms with van der Waals surface area (Å²) in [5.74, 6) is 0.195. The van der Waals surface area contributed by atoms with Gasteiger partial charge in [-0.15, -0.1) is 0 Å². The Morgan fingerprint density at radius 3 is 2.89 bits per heavy atom. The van der Waals surface area contributed by atoms with Gasteiger partial charge in [-0.1, -0.05) is 6.07 Å². The Morgan fingerprint density at radius 1 is 1.50 bits per heavy atom. The molecule has 0 radical (unpaired) electrons. The van der Waals surface area contributed by atoms with E-state index in [0.29, 0.717) is 11.4 Å². The van der Waals surface area contributed by atoms with E-state index in [1.165, 1.54) is 0 Å². The summed E-state index contributed by atoms with van der Waals surface area (Å²) in [6, 6.07) is 4.66. The molecule has 0 saturated heterocycles. The summed E-state index contributed by atoms with van der Waals surface area (Å²) < 4.78 is 1.60. The Bertz CT molecular complexity index is 563. The lowest BCUT2D eigenvalue weighted by Crippen LogP contribution is -2.27. The average Bonchev–Trinajstić information content (AvgIpc) is 2.75. The molecule has 0 saturated carbocycles. The van der Waals surface area contributed by atoms with Gasteiger partial charge in [0.25, 0.3) is 0 Å². The molecule has 0 spiro atoms. The number of nitrogens with two attached hydrogens (primary N) is 1. The van der Waals surface area contributed by atoms with Gasteiger partial charge in [-0.3, -0.25) is 9.48 Å². The van der Waals surface area contributed by atoms with Crippen LogP contribution < -0.4 is 11.1 Å². The molecule has 0 bridgehead atoms. The Balaban J connectivity index is 2.08. The highest BCUT2D eigenvalue weighted by molar-refractivity contribution is 5.94. The number of hydrogen-bond donors (Lipinski definition) is 2. The van der Waals surface area contributed by atoms with Crippen molar-refractivity contribution in [2.24, 2.45) is 12.8 Å². The van der Waals surface area contributed by atoms with Gasteiger partial charge in [-0.05, 0) is 19.1 Å². The fourth-order valence-corrected chi connectivity index (χ4v) is 1.57. The number of hydrogen-bond acceptors (Lipinski definition) is 4. The first-order valence-corrected chi connectivity index (χ1v) is 5.55. The number of carbonyl (C=O) groups excluding carboxylic acids is 1. The van der Waals surface area contributed by atoms with Crippen molar-refractivity contribution in [1.29, 1.82) is 0 Å². The van der Waals surface area contributed by atoms with Crippen LogP contribution >= 0.6 is 0 Å². The summed E-state index contributed by atoms with van der Waals surface area (Å²) in [4.78, 5) is 16.1. The number of aryl methyl sites for hydroxylation is 2. The summed E-state index contributed by atoms with van der Waals surface area (Å²) in [7, 11) is 1.77. The third-order valence-electron chi connectivity index (χ3n) is 2.51. The first kappa shape index (κ1) is 12.3. The van der Waals surface area contributed by atoms with E-state index in [1.807, 2.05) is 19.1 Å². The third kappa shape index (κ3) is 2.72. The molecule has 6 nitrogen and oxygen atoms in total. The van der Waals surface area contributed by atoms with E-state index in [9.17, 15) is 4.79 Å². The van der Waals surface area contributed by atoms with E-state index in [0.717, 1.165) is 5.69 Å². The minimum Gasteiger partial charge on any atom is -0.316 e. The Morgan fingerprint density at radius 2 is 2.28 bits per heavy atom. The van der Waals surface area contributed by atoms with Gasteiger partial charge in [0.2, 0.25) is 5.91 Å². The molecule has 18 heavy (non-hydrogen) atoms. The van der Waals surface area contributed by atoms with Crippen LogP contribution in [-0.4, -0.2) is 20.7 Å². The average molecular weight is 245 g/mol. The summed E-state index contributed by atoms with van der Waals surface area (Å²) in [6.07, 6.45) is 3.29. The van der Waals surface area contributed by atoms with E-state index in [4.69, 9.17) is 5.73 Å². The molecule has 0 aliphatic carbocycles. The molecule has 0 aliphatic heterocycles. The minimum atomic E-state index is -0.749. The molecule has 0 aliphatic rings. The fourth-order valence-electron chi connectivity index (χ4n) is 1.57. The van der Waals surface area contributed by atoms with Crippen molar-refractivity contribution < 1.29 is 4.79 Å². The van der Waals surface area contributed by atoms with Crippen LogP contribution in [0.15, 0.2) is 30.6 Å². The highest BCUT2D eigenvalue weighted by Gasteiger charge is 2.17. The second kappa shape index (κ2) is 4.97. The molecule has 0 aromatic carbocycles. The summed E-state index contributed by atoms with van der Waals surface area (Å²) in [5, 5.41) is 6.66. The zero-order valence-corrected chi connectivity index (χ0v) is 10.3. The fraction of sp³-hybridized carbons (Fsp3) is 0.250. The van der Waals surface area contributed by atoms with Crippen molar-refractivity contribution in [2.45, 2.75) is 13.0 Å². The number of rotatable bonds is 3. The van der Waals surface area contributed by atoms with Gasteiger partial charge < -0.3 is 11.1 Å². The lowest BCUT2D eigenvalue weighted by atomic mass is 10.1. The van der Waals surface area contributed by atoms with Crippen LogP contribution in [0.1, 0.15) is 17.3 Å². The molecule has 2 rings (SSSR count). The molecule has 0 fully saturated rings. The van der Waals surface area contributed by atoms with E-state index in [2.05, 4.69) is 15.4 Å². The second-order valence-corrected chi connectivity index (χ2v) is 4.08. The second-order valence-electron chi connectivity index (χ2n) is 4.08. The quantitative estimate of drug-likeness (QED) is 0.836. The van der Waals surface area contributed by atoms with E-state index < -0.39 is 6.04 Å². The summed E-state index contributed by atoms with van der Waals surface area (Å²) in [6.45, 7) is 1.86. The van der Waals surface area contributed by atoms with Crippen LogP contribution in [0.4, 0.5) is 5.82 Å². The molecule has 2 aromatic heterocycles. The number of nitrogens with zero attached hydrogens (tertiary/aromatic N) is 3. The van der Waals surface area contributed by atoms with Crippen molar-refractivity contribution in [3.63, 3.8) is 0 Å². The van der Waals surface area contributed by atoms with Gasteiger partial charge in [-0.25, -0.2) is 4.98 Å². The van der Waals surface area contributed by atoms with Crippen LogP contribution in [0, 0.1) is 6.92 Å². The molecular weight excluding hydrogens is 230 g/mol. The highest BCUT2D eigenvalue weighted by atomic mass is 16.2. The first-order chi connectivity index (χ1) is 8.56. The predicted octanol–water partition coefficient (Wildman–Crippen LogP) is 0.762. The normalized spacial score (nSPS) is 12.2. The zero-order chi connectivity index (χ0) is 13.1. The van der Waals surface area contributed by atoms with Crippen molar-refractivity contribution in [1.82, 2.24) is 14.8 Å². The van der Waals surface area contributed by atoms with Gasteiger partial charge in [-0.2, -0.15) is 5.10 Å². The third-order valence-corrected chi connectivity index (χ3v) is 2.51. The number of aromatic nitrogens is 3. The van der Waals surface area contributed by atoms with Crippen molar-refractivity contribution in [3.8, 4) is 0 Å². The van der Waals surface area contributed by atoms with Crippen LogP contribution in [0.25, 0.3) is 0 Å². The smallest absolute Gasteiger partial charge is 0.247 e. The first-order valence-electron chi connectivity index (χ1n) is 5.55. The molecule has 1 atom stereocenters. The van der Waals surface area contributed by atoms with Gasteiger partial charge in [0.15, 0.2) is 0 Å². The van der Waals surface area contributed by atoms with E-state index in [1.54, 1.807) is 30.2 Å². The summed E-state index contributed by atoms with van der Waals surface area (Å²) in [5.41, 5.74) is 7.35. The Labute approximate surface area is 105 Å². The maximum absolute atomic E-state index is 11.9. The van der Waals surface area contributed by atoms with Gasteiger partial charge in [0.1, 0.15) is 11.9 Å². The van der Waals surface area contributed by atoms with Crippen molar-refractivity contribution >= 4 is 11.7 Å². The van der Waals surface area contributed by atoms with Gasteiger partial charge in [0.05, 0.1) is 6.20 Å². The molecule has 2 heterocycles. The van der Waals surface area contributed by atoms with Crippen LogP contribution in [0.2, 0.25) is 0 Å². The molecule has 94 valence electrons. The summed E-state index contributed by atoms with van der Waals surface area (Å²) >= 11 is 0. The molecule has 1 unspecified atom stereocenters. The maximum Gasteiger partial charge on any atom is 0.247 e. The number of carbonyl (C=O) groups is 1. The minimum absolute atomic E-state index is 0.305. The Hall–Kier alpha value is -2.21. The lowest BCUT2D eigenvalue weighted by molar-refractivity contribution is -0.117. The monoisotopic (exact) mass is 245 g/mol. The highest BCUT2D eigenvalue weighted by Crippen LogP contribution is 2.12. The van der Waals surface area contributed by atoms with Gasteiger partial charge >= 0.3 is 0 Å². The van der Waals surface area contributed by atoms with Crippen LogP contribution in [0.5, 0.6) is 0 Å². The molecule has 1 amide bonds. The number of pyridine rings is 1. The predicted molar refractivity (Wildman–Crippen MR) is 67.7 cm³/mol. The van der Waals surface area contributed by atoms with Crippen LogP contribution in [0.3, 0.4) is 0 Å². The standard InChI is InChI=1S/C12H15N5O/c1-8-4-3-5-10(15-8)16-12(18)11(13)9-6-14-17(2)7-9/h3-7,11H,13H2,1-2H3,(H,15,16,18). The van der Waals surface area contributed by atoms with Crippen LogP contribution in [-0.2, 0) is 11.8 Å². The molecule has 3 N–H and O–H groups in total. The number of amides is 1. The molecular formula is C12H15N5O. The Kier molecular flexibility index (Phi) is 3.38. The number of anilines is 1. The topological polar surface area (TPSA) is 85.8 Å². The lowest BCUT2D eigenvalue weighted by Gasteiger charge is -2.10.